The van der Waals surface area contributed by atoms with E-state index in [1.807, 2.05) is 6.92 Å². The minimum Gasteiger partial charge on any atom is -0.359 e. The Morgan fingerprint density at radius 1 is 1.46 bits per heavy atom. The number of nitrogens with one attached hydrogen (secondary N) is 3. The summed E-state index contributed by atoms with van der Waals surface area (Å²) in [4.78, 5) is 27.8. The second kappa shape index (κ2) is 7.32. The molecule has 24 heavy (non-hydrogen) atoms. The first-order valence-electron chi connectivity index (χ1n) is 8.77. The molecule has 0 aromatic carbocycles. The first-order chi connectivity index (χ1) is 11.3. The highest BCUT2D eigenvalue weighted by Crippen LogP contribution is 2.43. The summed E-state index contributed by atoms with van der Waals surface area (Å²) in [6, 6.07) is 3.45. The van der Waals surface area contributed by atoms with Crippen molar-refractivity contribution in [3.63, 3.8) is 0 Å². The SMILES string of the molecule is CC(=N)[C@](C)(C(=O)NCC(=O)c1ccc[nH]1)C(C)C1CCC(C)C1. The molecule has 1 amide bonds. The van der Waals surface area contributed by atoms with Gasteiger partial charge >= 0.3 is 0 Å². The molecule has 0 bridgehead atoms. The molecule has 3 N–H and O–H groups in total. The lowest BCUT2D eigenvalue weighted by atomic mass is 9.67. The number of Topliss-reactive ketones (excluding diaryl/α,β-unsaturated/α-hetero) is 1. The van der Waals surface area contributed by atoms with Crippen molar-refractivity contribution in [2.45, 2.75) is 47.0 Å². The average molecular weight is 331 g/mol. The lowest BCUT2D eigenvalue weighted by molar-refractivity contribution is -0.129. The molecule has 1 aliphatic rings. The Hall–Kier alpha value is -1.91. The molecule has 4 atom stereocenters. The van der Waals surface area contributed by atoms with Gasteiger partial charge in [0.25, 0.3) is 0 Å². The van der Waals surface area contributed by atoms with Crippen LogP contribution in [-0.2, 0) is 4.79 Å². The Morgan fingerprint density at radius 3 is 2.67 bits per heavy atom. The van der Waals surface area contributed by atoms with Crippen LogP contribution in [0, 0.1) is 28.6 Å². The zero-order chi connectivity index (χ0) is 17.9. The fourth-order valence-corrected chi connectivity index (χ4v) is 3.84. The summed E-state index contributed by atoms with van der Waals surface area (Å²) >= 11 is 0. The summed E-state index contributed by atoms with van der Waals surface area (Å²) in [6.07, 6.45) is 5.10. The van der Waals surface area contributed by atoms with E-state index in [4.69, 9.17) is 5.41 Å². The fourth-order valence-electron chi connectivity index (χ4n) is 3.84. The molecule has 1 aliphatic carbocycles. The van der Waals surface area contributed by atoms with Crippen molar-refractivity contribution < 1.29 is 9.59 Å². The highest BCUT2D eigenvalue weighted by Gasteiger charge is 2.45. The maximum atomic E-state index is 12.8. The van der Waals surface area contributed by atoms with Gasteiger partial charge in [0.15, 0.2) is 5.78 Å². The van der Waals surface area contributed by atoms with Crippen LogP contribution in [0.2, 0.25) is 0 Å². The van der Waals surface area contributed by atoms with Crippen molar-refractivity contribution in [2.24, 2.45) is 23.2 Å². The molecule has 1 fully saturated rings. The molecule has 3 unspecified atom stereocenters. The number of ketones is 1. The number of hydrogen-bond acceptors (Lipinski definition) is 3. The van der Waals surface area contributed by atoms with Crippen molar-refractivity contribution in [1.82, 2.24) is 10.3 Å². The van der Waals surface area contributed by atoms with Crippen molar-refractivity contribution in [3.8, 4) is 0 Å². The molecule has 1 aromatic heterocycles. The predicted octanol–water partition coefficient (Wildman–Crippen LogP) is 3.43. The minimum absolute atomic E-state index is 0.0456. The number of H-pyrrole nitrogens is 1. The first kappa shape index (κ1) is 18.4. The Balaban J connectivity index is 2.06. The molecule has 0 saturated heterocycles. The minimum atomic E-state index is -0.870. The van der Waals surface area contributed by atoms with Gasteiger partial charge in [0.1, 0.15) is 0 Å². The van der Waals surface area contributed by atoms with Gasteiger partial charge in [-0.2, -0.15) is 0 Å². The third-order valence-corrected chi connectivity index (χ3v) is 5.91. The molecule has 5 nitrogen and oxygen atoms in total. The number of hydrogen-bond donors (Lipinski definition) is 3. The smallest absolute Gasteiger partial charge is 0.232 e. The number of aromatic nitrogens is 1. The molecule has 0 radical (unpaired) electrons. The highest BCUT2D eigenvalue weighted by atomic mass is 16.2. The third kappa shape index (κ3) is 3.60. The molecule has 2 rings (SSSR count). The van der Waals surface area contributed by atoms with Gasteiger partial charge in [-0.05, 0) is 56.6 Å². The number of carbonyl (C=O) groups excluding carboxylic acids is 2. The van der Waals surface area contributed by atoms with Crippen molar-refractivity contribution in [1.29, 1.82) is 5.41 Å². The molecular formula is C19H29N3O2. The summed E-state index contributed by atoms with van der Waals surface area (Å²) in [5.41, 5.74) is -0.0225. The zero-order valence-electron chi connectivity index (χ0n) is 15.1. The van der Waals surface area contributed by atoms with Crippen LogP contribution in [0.3, 0.4) is 0 Å². The van der Waals surface area contributed by atoms with Crippen LogP contribution < -0.4 is 5.32 Å². The molecule has 132 valence electrons. The van der Waals surface area contributed by atoms with E-state index in [2.05, 4.69) is 24.1 Å². The van der Waals surface area contributed by atoms with Gasteiger partial charge in [-0.15, -0.1) is 0 Å². The Kier molecular flexibility index (Phi) is 5.62. The highest BCUT2D eigenvalue weighted by molar-refractivity contribution is 6.07. The maximum Gasteiger partial charge on any atom is 0.232 e. The first-order valence-corrected chi connectivity index (χ1v) is 8.77. The maximum absolute atomic E-state index is 12.8. The van der Waals surface area contributed by atoms with Gasteiger partial charge in [0, 0.05) is 11.9 Å². The monoisotopic (exact) mass is 331 g/mol. The van der Waals surface area contributed by atoms with E-state index in [9.17, 15) is 9.59 Å². The molecule has 0 aliphatic heterocycles. The third-order valence-electron chi connectivity index (χ3n) is 5.91. The van der Waals surface area contributed by atoms with Crippen molar-refractivity contribution in [2.75, 3.05) is 6.54 Å². The van der Waals surface area contributed by atoms with Crippen LogP contribution in [0.1, 0.15) is 57.4 Å². The van der Waals surface area contributed by atoms with Crippen LogP contribution in [0.15, 0.2) is 18.3 Å². The van der Waals surface area contributed by atoms with E-state index in [0.717, 1.165) is 12.8 Å². The molecule has 1 saturated carbocycles. The van der Waals surface area contributed by atoms with E-state index >= 15 is 0 Å². The quantitative estimate of drug-likeness (QED) is 0.528. The average Bonchev–Trinajstić information content (AvgIpc) is 3.21. The topological polar surface area (TPSA) is 85.8 Å². The second-order valence-corrected chi connectivity index (χ2v) is 7.48. The van der Waals surface area contributed by atoms with E-state index in [0.29, 0.717) is 23.2 Å². The predicted molar refractivity (Wildman–Crippen MR) is 95.3 cm³/mol. The van der Waals surface area contributed by atoms with Gasteiger partial charge in [-0.3, -0.25) is 9.59 Å². The van der Waals surface area contributed by atoms with Gasteiger partial charge in [0.2, 0.25) is 5.91 Å². The number of carbonyl (C=O) groups is 2. The molecular weight excluding hydrogens is 302 g/mol. The molecule has 1 aromatic rings. The van der Waals surface area contributed by atoms with E-state index in [1.54, 1.807) is 25.3 Å². The summed E-state index contributed by atoms with van der Waals surface area (Å²) in [6.45, 7) is 7.82. The zero-order valence-corrected chi connectivity index (χ0v) is 15.1. The van der Waals surface area contributed by atoms with Crippen LogP contribution in [0.5, 0.6) is 0 Å². The van der Waals surface area contributed by atoms with E-state index in [1.165, 1.54) is 6.42 Å². The lowest BCUT2D eigenvalue weighted by Gasteiger charge is -2.37. The number of aromatic amines is 1. The molecule has 5 heteroatoms. The normalized spacial score (nSPS) is 24.2. The van der Waals surface area contributed by atoms with E-state index in [-0.39, 0.29) is 24.2 Å². The lowest BCUT2D eigenvalue weighted by Crippen LogP contribution is -2.50. The van der Waals surface area contributed by atoms with Crippen LogP contribution in [0.25, 0.3) is 0 Å². The van der Waals surface area contributed by atoms with Crippen molar-refractivity contribution >= 4 is 17.4 Å². The standard InChI is InChI=1S/C19H29N3O2/c1-12-7-8-15(10-12)13(2)19(4,14(3)20)18(24)22-11-17(23)16-6-5-9-21-16/h5-6,9,12-13,15,20-21H,7-8,10-11H2,1-4H3,(H,22,24)/t12?,13?,15?,19-/m1/s1. The summed E-state index contributed by atoms with van der Waals surface area (Å²) in [7, 11) is 0. The largest absolute Gasteiger partial charge is 0.359 e. The molecule has 0 spiro atoms. The van der Waals surface area contributed by atoms with Gasteiger partial charge in [-0.1, -0.05) is 20.3 Å². The second-order valence-electron chi connectivity index (χ2n) is 7.48. The van der Waals surface area contributed by atoms with Gasteiger partial charge < -0.3 is 15.7 Å². The summed E-state index contributed by atoms with van der Waals surface area (Å²) in [5.74, 6) is 0.850. The van der Waals surface area contributed by atoms with Crippen molar-refractivity contribution in [3.05, 3.63) is 24.0 Å². The molecule has 1 heterocycles. The number of amides is 1. The Morgan fingerprint density at radius 2 is 2.17 bits per heavy atom. The van der Waals surface area contributed by atoms with Gasteiger partial charge in [0.05, 0.1) is 17.7 Å². The Bertz CT molecular complexity index is 608. The fraction of sp³-hybridized carbons (Fsp3) is 0.632. The summed E-state index contributed by atoms with van der Waals surface area (Å²) < 4.78 is 0. The van der Waals surface area contributed by atoms with Crippen LogP contribution >= 0.6 is 0 Å². The Labute approximate surface area is 144 Å². The summed E-state index contributed by atoms with van der Waals surface area (Å²) in [5, 5.41) is 11.0. The van der Waals surface area contributed by atoms with E-state index < -0.39 is 5.41 Å². The van der Waals surface area contributed by atoms with Crippen LogP contribution in [0.4, 0.5) is 0 Å². The van der Waals surface area contributed by atoms with Crippen LogP contribution in [-0.4, -0.2) is 28.9 Å². The van der Waals surface area contributed by atoms with Gasteiger partial charge in [-0.25, -0.2) is 0 Å². The number of rotatable bonds is 7.